The third-order valence-electron chi connectivity index (χ3n) is 3.67. The van der Waals surface area contributed by atoms with Crippen LogP contribution in [-0.2, 0) is 14.8 Å². The molecule has 1 heterocycles. The van der Waals surface area contributed by atoms with Gasteiger partial charge in [-0.1, -0.05) is 13.8 Å². The molecular formula is C16H23N3O4S. The number of carboxylic acids is 1. The van der Waals surface area contributed by atoms with Crippen LogP contribution >= 0.6 is 0 Å². The maximum Gasteiger partial charge on any atom is 0.321 e. The van der Waals surface area contributed by atoms with Crippen LogP contribution in [0.25, 0.3) is 10.9 Å². The monoisotopic (exact) mass is 353 g/mol. The molecule has 0 saturated carbocycles. The van der Waals surface area contributed by atoms with Gasteiger partial charge in [-0.25, -0.2) is 8.42 Å². The van der Waals surface area contributed by atoms with Crippen molar-refractivity contribution in [3.63, 3.8) is 0 Å². The fourth-order valence-corrected chi connectivity index (χ4v) is 3.77. The zero-order valence-electron chi connectivity index (χ0n) is 14.2. The molecule has 132 valence electrons. The van der Waals surface area contributed by atoms with E-state index in [0.717, 1.165) is 5.52 Å². The second-order valence-corrected chi connectivity index (χ2v) is 8.26. The van der Waals surface area contributed by atoms with E-state index in [2.05, 4.69) is 9.82 Å². The zero-order valence-corrected chi connectivity index (χ0v) is 15.0. The van der Waals surface area contributed by atoms with E-state index in [9.17, 15) is 18.3 Å². The summed E-state index contributed by atoms with van der Waals surface area (Å²) in [5.74, 6) is -1.12. The lowest BCUT2D eigenvalue weighted by Crippen LogP contribution is -2.41. The Morgan fingerprint density at radius 2 is 1.96 bits per heavy atom. The molecule has 24 heavy (non-hydrogen) atoms. The molecule has 2 N–H and O–H groups in total. The Labute approximate surface area is 141 Å². The van der Waals surface area contributed by atoms with E-state index in [0.29, 0.717) is 5.39 Å². The minimum Gasteiger partial charge on any atom is -0.480 e. The van der Waals surface area contributed by atoms with Gasteiger partial charge in [-0.2, -0.15) is 9.82 Å². The molecule has 0 fully saturated rings. The SMILES string of the molecule is CC(C)C[C@@H](NS(=O)(=O)c1ccc2c(cnn2C(C)C)c1)C(=O)O. The van der Waals surface area contributed by atoms with Crippen molar-refractivity contribution in [1.82, 2.24) is 14.5 Å². The summed E-state index contributed by atoms with van der Waals surface area (Å²) in [6, 6.07) is 3.68. The van der Waals surface area contributed by atoms with Crippen LogP contribution in [0.1, 0.15) is 40.2 Å². The summed E-state index contributed by atoms with van der Waals surface area (Å²) in [6.07, 6.45) is 1.83. The molecule has 0 aliphatic heterocycles. The Morgan fingerprint density at radius 3 is 2.50 bits per heavy atom. The van der Waals surface area contributed by atoms with Gasteiger partial charge in [0.25, 0.3) is 0 Å². The van der Waals surface area contributed by atoms with Gasteiger partial charge in [0.2, 0.25) is 10.0 Å². The van der Waals surface area contributed by atoms with Crippen LogP contribution in [0.3, 0.4) is 0 Å². The van der Waals surface area contributed by atoms with Crippen molar-refractivity contribution >= 4 is 26.9 Å². The first-order valence-corrected chi connectivity index (χ1v) is 9.32. The average molecular weight is 353 g/mol. The van der Waals surface area contributed by atoms with Crippen molar-refractivity contribution in [3.8, 4) is 0 Å². The van der Waals surface area contributed by atoms with Gasteiger partial charge in [-0.3, -0.25) is 9.48 Å². The van der Waals surface area contributed by atoms with E-state index in [1.165, 1.54) is 12.1 Å². The van der Waals surface area contributed by atoms with Crippen molar-refractivity contribution in [2.45, 2.75) is 51.1 Å². The highest BCUT2D eigenvalue weighted by Gasteiger charge is 2.26. The lowest BCUT2D eigenvalue weighted by atomic mass is 10.1. The molecular weight excluding hydrogens is 330 g/mol. The molecule has 1 atom stereocenters. The molecule has 0 spiro atoms. The number of benzene rings is 1. The van der Waals surface area contributed by atoms with Crippen LogP contribution < -0.4 is 4.72 Å². The number of aromatic nitrogens is 2. The maximum absolute atomic E-state index is 12.5. The molecule has 8 heteroatoms. The van der Waals surface area contributed by atoms with Crippen molar-refractivity contribution in [2.24, 2.45) is 5.92 Å². The van der Waals surface area contributed by atoms with Crippen LogP contribution in [0.2, 0.25) is 0 Å². The first-order valence-electron chi connectivity index (χ1n) is 7.84. The topological polar surface area (TPSA) is 101 Å². The number of carbonyl (C=O) groups is 1. The summed E-state index contributed by atoms with van der Waals surface area (Å²) in [6.45, 7) is 7.66. The second kappa shape index (κ2) is 6.90. The lowest BCUT2D eigenvalue weighted by Gasteiger charge is -2.16. The van der Waals surface area contributed by atoms with Gasteiger partial charge < -0.3 is 5.11 Å². The predicted octanol–water partition coefficient (Wildman–Crippen LogP) is 2.39. The van der Waals surface area contributed by atoms with E-state index >= 15 is 0 Å². The fourth-order valence-electron chi connectivity index (χ4n) is 2.54. The third-order valence-corrected chi connectivity index (χ3v) is 5.14. The first kappa shape index (κ1) is 18.4. The van der Waals surface area contributed by atoms with Gasteiger partial charge >= 0.3 is 5.97 Å². The van der Waals surface area contributed by atoms with Gasteiger partial charge in [0.1, 0.15) is 6.04 Å². The molecule has 2 aromatic rings. The summed E-state index contributed by atoms with van der Waals surface area (Å²) in [4.78, 5) is 11.3. The van der Waals surface area contributed by atoms with Crippen LogP contribution in [0.15, 0.2) is 29.3 Å². The van der Waals surface area contributed by atoms with Gasteiger partial charge in [0.05, 0.1) is 16.6 Å². The Balaban J connectivity index is 2.35. The normalized spacial score (nSPS) is 13.8. The van der Waals surface area contributed by atoms with Crippen molar-refractivity contribution < 1.29 is 18.3 Å². The quantitative estimate of drug-likeness (QED) is 0.796. The van der Waals surface area contributed by atoms with E-state index in [4.69, 9.17) is 0 Å². The minimum atomic E-state index is -3.92. The van der Waals surface area contributed by atoms with Gasteiger partial charge in [0, 0.05) is 11.4 Å². The van der Waals surface area contributed by atoms with Gasteiger partial charge in [-0.15, -0.1) is 0 Å². The second-order valence-electron chi connectivity index (χ2n) is 6.55. The lowest BCUT2D eigenvalue weighted by molar-refractivity contribution is -0.139. The number of hydrogen-bond donors (Lipinski definition) is 2. The Morgan fingerprint density at radius 1 is 1.29 bits per heavy atom. The number of aliphatic carboxylic acids is 1. The Kier molecular flexibility index (Phi) is 5.29. The molecule has 0 saturated heterocycles. The predicted molar refractivity (Wildman–Crippen MR) is 91.3 cm³/mol. The number of hydrogen-bond acceptors (Lipinski definition) is 4. The number of rotatable bonds is 7. The summed E-state index contributed by atoms with van der Waals surface area (Å²) in [7, 11) is -3.92. The summed E-state index contributed by atoms with van der Waals surface area (Å²) < 4.78 is 29.1. The van der Waals surface area contributed by atoms with Gasteiger partial charge in [-0.05, 0) is 44.4 Å². The standard InChI is InChI=1S/C16H23N3O4S/c1-10(2)7-14(16(20)21)18-24(22,23)13-5-6-15-12(8-13)9-17-19(15)11(3)4/h5-6,8-11,14,18H,7H2,1-4H3,(H,20,21)/t14-/m1/s1. The van der Waals surface area contributed by atoms with Crippen molar-refractivity contribution in [2.75, 3.05) is 0 Å². The molecule has 0 aliphatic carbocycles. The van der Waals surface area contributed by atoms with Crippen LogP contribution in [0.5, 0.6) is 0 Å². The fraction of sp³-hybridized carbons (Fsp3) is 0.500. The van der Waals surface area contributed by atoms with Gasteiger partial charge in [0.15, 0.2) is 0 Å². The van der Waals surface area contributed by atoms with Crippen molar-refractivity contribution in [3.05, 3.63) is 24.4 Å². The van der Waals surface area contributed by atoms with Crippen LogP contribution in [-0.4, -0.2) is 35.3 Å². The summed E-state index contributed by atoms with van der Waals surface area (Å²) >= 11 is 0. The Hall–Kier alpha value is -1.93. The van der Waals surface area contributed by atoms with Crippen LogP contribution in [0, 0.1) is 5.92 Å². The number of nitrogens with zero attached hydrogens (tertiary/aromatic N) is 2. The molecule has 0 unspecified atom stereocenters. The molecule has 0 aliphatic rings. The minimum absolute atomic E-state index is 0.0355. The highest BCUT2D eigenvalue weighted by molar-refractivity contribution is 7.89. The maximum atomic E-state index is 12.5. The number of carboxylic acid groups (broad SMARTS) is 1. The highest BCUT2D eigenvalue weighted by atomic mass is 32.2. The molecule has 1 aromatic carbocycles. The largest absolute Gasteiger partial charge is 0.480 e. The number of sulfonamides is 1. The highest BCUT2D eigenvalue weighted by Crippen LogP contribution is 2.22. The molecule has 0 radical (unpaired) electrons. The van der Waals surface area contributed by atoms with Crippen LogP contribution in [0.4, 0.5) is 0 Å². The summed E-state index contributed by atoms with van der Waals surface area (Å²) in [5.41, 5.74) is 0.834. The van der Waals surface area contributed by atoms with E-state index in [1.54, 1.807) is 16.9 Å². The van der Waals surface area contributed by atoms with E-state index in [-0.39, 0.29) is 23.3 Å². The van der Waals surface area contributed by atoms with Crippen molar-refractivity contribution in [1.29, 1.82) is 0 Å². The molecule has 7 nitrogen and oxygen atoms in total. The molecule has 1 aromatic heterocycles. The number of nitrogens with one attached hydrogen (secondary N) is 1. The average Bonchev–Trinajstić information content (AvgIpc) is 2.88. The van der Waals surface area contributed by atoms with E-state index < -0.39 is 22.0 Å². The smallest absolute Gasteiger partial charge is 0.321 e. The zero-order chi connectivity index (χ0) is 18.1. The summed E-state index contributed by atoms with van der Waals surface area (Å²) in [5, 5.41) is 14.2. The number of fused-ring (bicyclic) bond motifs is 1. The third kappa shape index (κ3) is 3.93. The Bertz CT molecular complexity index is 840. The molecule has 0 amide bonds. The molecule has 0 bridgehead atoms. The van der Waals surface area contributed by atoms with E-state index in [1.807, 2.05) is 27.7 Å². The molecule has 2 rings (SSSR count). The first-order chi connectivity index (χ1) is 11.1.